The maximum Gasteiger partial charge on any atom is 0.143 e. The molecule has 1 unspecified atom stereocenters. The van der Waals surface area contributed by atoms with Gasteiger partial charge in [0.15, 0.2) is 0 Å². The normalized spacial score (nSPS) is 19.9. The molecule has 1 saturated heterocycles. The van der Waals surface area contributed by atoms with Crippen molar-refractivity contribution in [3.05, 3.63) is 30.6 Å². The number of para-hydroxylation sites is 2. The van der Waals surface area contributed by atoms with Gasteiger partial charge in [-0.25, -0.2) is 0 Å². The molecule has 1 aromatic carbocycles. The molecule has 3 rings (SSSR count). The lowest BCUT2D eigenvalue weighted by Crippen LogP contribution is -2.40. The number of hydrogen-bond acceptors (Lipinski definition) is 5. The number of benzene rings is 1. The minimum atomic E-state index is 0.602. The molecule has 0 radical (unpaired) electrons. The molecule has 2 aromatic rings. The van der Waals surface area contributed by atoms with Crippen LogP contribution in [-0.4, -0.2) is 51.3 Å². The predicted molar refractivity (Wildman–Crippen MR) is 77.9 cm³/mol. The van der Waals surface area contributed by atoms with Gasteiger partial charge in [0.1, 0.15) is 6.33 Å². The van der Waals surface area contributed by atoms with Crippen molar-refractivity contribution in [2.75, 3.05) is 25.5 Å². The number of nitrogens with zero attached hydrogens (tertiary/aromatic N) is 5. The number of likely N-dealkylation sites (N-methyl/N-ethyl adjacent to an activating group) is 1. The Kier molecular flexibility index (Phi) is 3.92. The molecule has 1 N–H and O–H groups in total. The van der Waals surface area contributed by atoms with E-state index >= 15 is 0 Å². The largest absolute Gasteiger partial charge is 0.382 e. The number of aromatic nitrogens is 4. The lowest BCUT2D eigenvalue weighted by molar-refractivity contribution is 0.194. The van der Waals surface area contributed by atoms with E-state index in [1.54, 1.807) is 11.0 Å². The smallest absolute Gasteiger partial charge is 0.143 e. The molecule has 1 aromatic heterocycles. The van der Waals surface area contributed by atoms with Crippen molar-refractivity contribution in [1.29, 1.82) is 0 Å². The summed E-state index contributed by atoms with van der Waals surface area (Å²) in [6.45, 7) is 2.15. The quantitative estimate of drug-likeness (QED) is 0.915. The van der Waals surface area contributed by atoms with Gasteiger partial charge in [-0.15, -0.1) is 5.10 Å². The third-order valence-electron chi connectivity index (χ3n) is 3.95. The first-order valence-electron chi connectivity index (χ1n) is 7.11. The third kappa shape index (κ3) is 2.80. The molecule has 0 aliphatic carbocycles. The molecule has 0 amide bonds. The minimum absolute atomic E-state index is 0.602. The monoisotopic (exact) mass is 272 g/mol. The predicted octanol–water partition coefficient (Wildman–Crippen LogP) is 1.56. The van der Waals surface area contributed by atoms with Crippen LogP contribution < -0.4 is 5.32 Å². The van der Waals surface area contributed by atoms with Gasteiger partial charge in [0.05, 0.1) is 11.4 Å². The molecular formula is C14H20N6. The second kappa shape index (κ2) is 6.00. The Hall–Kier alpha value is -1.95. The number of likely N-dealkylation sites (tertiary alicyclic amines) is 1. The van der Waals surface area contributed by atoms with Gasteiger partial charge >= 0.3 is 0 Å². The number of hydrogen-bond donors (Lipinski definition) is 1. The number of tetrazole rings is 1. The minimum Gasteiger partial charge on any atom is -0.382 e. The Morgan fingerprint density at radius 3 is 3.00 bits per heavy atom. The summed E-state index contributed by atoms with van der Waals surface area (Å²) in [4.78, 5) is 2.44. The Morgan fingerprint density at radius 1 is 1.30 bits per heavy atom. The summed E-state index contributed by atoms with van der Waals surface area (Å²) < 4.78 is 1.69. The summed E-state index contributed by atoms with van der Waals surface area (Å²) >= 11 is 0. The molecule has 106 valence electrons. The fourth-order valence-corrected chi connectivity index (χ4v) is 2.72. The van der Waals surface area contributed by atoms with Crippen molar-refractivity contribution in [3.63, 3.8) is 0 Å². The van der Waals surface area contributed by atoms with Gasteiger partial charge in [-0.1, -0.05) is 18.6 Å². The van der Waals surface area contributed by atoms with Crippen LogP contribution in [0, 0.1) is 0 Å². The van der Waals surface area contributed by atoms with Crippen LogP contribution in [0.25, 0.3) is 5.69 Å². The molecule has 1 aliphatic rings. The van der Waals surface area contributed by atoms with E-state index in [1.165, 1.54) is 25.8 Å². The SMILES string of the molecule is CN1CCCCC1CNc1ccccc1-n1cnnn1. The summed E-state index contributed by atoms with van der Waals surface area (Å²) in [6, 6.07) is 8.71. The molecule has 20 heavy (non-hydrogen) atoms. The van der Waals surface area contributed by atoms with E-state index in [4.69, 9.17) is 0 Å². The Bertz CT molecular complexity index is 538. The molecule has 6 heteroatoms. The molecule has 1 atom stereocenters. The lowest BCUT2D eigenvalue weighted by Gasteiger charge is -2.32. The molecular weight excluding hydrogens is 252 g/mol. The van der Waals surface area contributed by atoms with E-state index in [0.717, 1.165) is 17.9 Å². The second-order valence-electron chi connectivity index (χ2n) is 5.28. The topological polar surface area (TPSA) is 58.9 Å². The van der Waals surface area contributed by atoms with Crippen molar-refractivity contribution in [2.45, 2.75) is 25.3 Å². The van der Waals surface area contributed by atoms with E-state index in [0.29, 0.717) is 6.04 Å². The summed E-state index contributed by atoms with van der Waals surface area (Å²) in [6.07, 6.45) is 5.52. The maximum absolute atomic E-state index is 3.96. The van der Waals surface area contributed by atoms with Crippen molar-refractivity contribution in [3.8, 4) is 5.69 Å². The zero-order chi connectivity index (χ0) is 13.8. The number of anilines is 1. The van der Waals surface area contributed by atoms with Crippen LogP contribution in [0.2, 0.25) is 0 Å². The van der Waals surface area contributed by atoms with Crippen LogP contribution in [0.1, 0.15) is 19.3 Å². The van der Waals surface area contributed by atoms with Crippen LogP contribution in [0.4, 0.5) is 5.69 Å². The first kappa shape index (κ1) is 13.1. The van der Waals surface area contributed by atoms with E-state index in [9.17, 15) is 0 Å². The highest BCUT2D eigenvalue weighted by Gasteiger charge is 2.18. The van der Waals surface area contributed by atoms with Gasteiger partial charge in [-0.2, -0.15) is 4.68 Å². The van der Waals surface area contributed by atoms with Crippen LogP contribution >= 0.6 is 0 Å². The Morgan fingerprint density at radius 2 is 2.20 bits per heavy atom. The fourth-order valence-electron chi connectivity index (χ4n) is 2.72. The molecule has 2 heterocycles. The molecule has 0 spiro atoms. The van der Waals surface area contributed by atoms with E-state index in [2.05, 4.69) is 38.9 Å². The zero-order valence-corrected chi connectivity index (χ0v) is 11.7. The highest BCUT2D eigenvalue weighted by molar-refractivity contribution is 5.60. The molecule has 0 saturated carbocycles. The number of piperidine rings is 1. The molecule has 1 fully saturated rings. The van der Waals surface area contributed by atoms with Gasteiger partial charge in [0.25, 0.3) is 0 Å². The van der Waals surface area contributed by atoms with Crippen molar-refractivity contribution < 1.29 is 0 Å². The van der Waals surface area contributed by atoms with Gasteiger partial charge in [-0.05, 0) is 49.0 Å². The summed E-state index contributed by atoms with van der Waals surface area (Å²) in [5, 5.41) is 14.9. The maximum atomic E-state index is 3.96. The molecule has 1 aliphatic heterocycles. The average Bonchev–Trinajstić information content (AvgIpc) is 3.01. The highest BCUT2D eigenvalue weighted by atomic mass is 15.5. The summed E-state index contributed by atoms with van der Waals surface area (Å²) in [5.41, 5.74) is 2.05. The van der Waals surface area contributed by atoms with Crippen LogP contribution in [0.5, 0.6) is 0 Å². The lowest BCUT2D eigenvalue weighted by atomic mass is 10.0. The summed E-state index contributed by atoms with van der Waals surface area (Å²) in [7, 11) is 2.21. The first-order chi connectivity index (χ1) is 9.84. The standard InChI is InChI=1S/C14H20N6/c1-19-9-5-4-6-12(19)10-15-13-7-2-3-8-14(13)20-11-16-17-18-20/h2-3,7-8,11-12,15H,4-6,9-10H2,1H3. The van der Waals surface area contributed by atoms with Gasteiger partial charge < -0.3 is 10.2 Å². The Labute approximate surface area is 118 Å². The molecule has 0 bridgehead atoms. The zero-order valence-electron chi connectivity index (χ0n) is 11.7. The van der Waals surface area contributed by atoms with Crippen molar-refractivity contribution >= 4 is 5.69 Å². The van der Waals surface area contributed by atoms with Gasteiger partial charge in [0, 0.05) is 12.6 Å². The van der Waals surface area contributed by atoms with Gasteiger partial charge in [-0.3, -0.25) is 0 Å². The van der Waals surface area contributed by atoms with E-state index in [-0.39, 0.29) is 0 Å². The molecule has 6 nitrogen and oxygen atoms in total. The fraction of sp³-hybridized carbons (Fsp3) is 0.500. The highest BCUT2D eigenvalue weighted by Crippen LogP contribution is 2.20. The van der Waals surface area contributed by atoms with Crippen LogP contribution in [-0.2, 0) is 0 Å². The number of nitrogens with one attached hydrogen (secondary N) is 1. The van der Waals surface area contributed by atoms with Gasteiger partial charge in [0.2, 0.25) is 0 Å². The van der Waals surface area contributed by atoms with Crippen molar-refractivity contribution in [1.82, 2.24) is 25.1 Å². The van der Waals surface area contributed by atoms with Crippen LogP contribution in [0.15, 0.2) is 30.6 Å². The van der Waals surface area contributed by atoms with Crippen molar-refractivity contribution in [2.24, 2.45) is 0 Å². The Balaban J connectivity index is 1.71. The van der Waals surface area contributed by atoms with E-state index < -0.39 is 0 Å². The van der Waals surface area contributed by atoms with E-state index in [1.807, 2.05) is 18.2 Å². The average molecular weight is 272 g/mol. The first-order valence-corrected chi connectivity index (χ1v) is 7.11. The second-order valence-corrected chi connectivity index (χ2v) is 5.28. The number of rotatable bonds is 4. The summed E-state index contributed by atoms with van der Waals surface area (Å²) in [5.74, 6) is 0. The third-order valence-corrected chi connectivity index (χ3v) is 3.95. The van der Waals surface area contributed by atoms with Crippen LogP contribution in [0.3, 0.4) is 0 Å².